The second-order valence-corrected chi connectivity index (χ2v) is 5.33. The van der Waals surface area contributed by atoms with Crippen molar-refractivity contribution < 1.29 is 17.9 Å². The number of benzene rings is 1. The van der Waals surface area contributed by atoms with Crippen molar-refractivity contribution in [1.82, 2.24) is 5.32 Å². The fourth-order valence-corrected chi connectivity index (χ4v) is 2.51. The number of para-hydroxylation sites is 1. The van der Waals surface area contributed by atoms with E-state index < -0.39 is 12.6 Å². The summed E-state index contributed by atoms with van der Waals surface area (Å²) < 4.78 is 41.8. The highest BCUT2D eigenvalue weighted by Crippen LogP contribution is 2.34. The summed E-state index contributed by atoms with van der Waals surface area (Å²) in [5, 5.41) is 3.37. The maximum Gasteiger partial charge on any atom is 0.389 e. The Morgan fingerprint density at radius 1 is 1.25 bits per heavy atom. The predicted molar refractivity (Wildman–Crippen MR) is 71.8 cm³/mol. The summed E-state index contributed by atoms with van der Waals surface area (Å²) in [6.45, 7) is 3.32. The molecule has 0 spiro atoms. The normalized spacial score (nSPS) is 22.2. The van der Waals surface area contributed by atoms with E-state index in [1.54, 1.807) is 0 Å². The Hall–Kier alpha value is -1.23. The smallest absolute Gasteiger partial charge is 0.389 e. The number of rotatable bonds is 5. The molecule has 1 aromatic carbocycles. The second kappa shape index (κ2) is 6.48. The standard InChI is InChI=1S/C15H20F3NO/c1-11-10-20-13-7-3-2-6-12(13)14(11)19-9-5-4-8-15(16,17)18/h2-3,6-7,11,14,19H,4-5,8-10H2,1H3. The van der Waals surface area contributed by atoms with Crippen molar-refractivity contribution in [3.63, 3.8) is 0 Å². The molecule has 0 fully saturated rings. The summed E-state index contributed by atoms with van der Waals surface area (Å²) in [6, 6.07) is 7.98. The average Bonchev–Trinajstić information content (AvgIpc) is 2.39. The molecule has 0 saturated carbocycles. The molecule has 20 heavy (non-hydrogen) atoms. The van der Waals surface area contributed by atoms with Crippen LogP contribution in [0.2, 0.25) is 0 Å². The summed E-state index contributed by atoms with van der Waals surface area (Å²) in [4.78, 5) is 0. The van der Waals surface area contributed by atoms with Crippen LogP contribution in [0, 0.1) is 5.92 Å². The summed E-state index contributed by atoms with van der Waals surface area (Å²) >= 11 is 0. The molecule has 0 amide bonds. The Morgan fingerprint density at radius 2 is 2.00 bits per heavy atom. The molecule has 1 aromatic rings. The Balaban J connectivity index is 1.83. The van der Waals surface area contributed by atoms with Crippen LogP contribution in [0.4, 0.5) is 13.2 Å². The number of ether oxygens (including phenoxy) is 1. The minimum Gasteiger partial charge on any atom is -0.493 e. The van der Waals surface area contributed by atoms with Crippen molar-refractivity contribution in [3.8, 4) is 5.75 Å². The van der Waals surface area contributed by atoms with Gasteiger partial charge in [-0.15, -0.1) is 0 Å². The SMILES string of the molecule is CC1COc2ccccc2C1NCCCCC(F)(F)F. The van der Waals surface area contributed by atoms with Crippen molar-refractivity contribution >= 4 is 0 Å². The number of unbranched alkanes of at least 4 members (excludes halogenated alkanes) is 1. The Morgan fingerprint density at radius 3 is 2.75 bits per heavy atom. The van der Waals surface area contributed by atoms with Gasteiger partial charge < -0.3 is 10.1 Å². The Bertz CT molecular complexity index is 433. The van der Waals surface area contributed by atoms with Crippen molar-refractivity contribution in [2.24, 2.45) is 5.92 Å². The zero-order chi connectivity index (χ0) is 14.6. The molecule has 1 aliphatic rings. The summed E-state index contributed by atoms with van der Waals surface area (Å²) in [7, 11) is 0. The van der Waals surface area contributed by atoms with Crippen molar-refractivity contribution in [3.05, 3.63) is 29.8 Å². The molecule has 112 valence electrons. The maximum atomic E-state index is 12.1. The predicted octanol–water partition coefficient (Wildman–Crippen LogP) is 4.08. The minimum atomic E-state index is -4.04. The lowest BCUT2D eigenvalue weighted by Gasteiger charge is -2.32. The fraction of sp³-hybridized carbons (Fsp3) is 0.600. The molecule has 1 N–H and O–H groups in total. The van der Waals surface area contributed by atoms with E-state index in [0.29, 0.717) is 25.5 Å². The molecular formula is C15H20F3NO. The van der Waals surface area contributed by atoms with Crippen LogP contribution in [0.15, 0.2) is 24.3 Å². The number of halogens is 3. The summed E-state index contributed by atoms with van der Waals surface area (Å²) in [5.74, 6) is 1.19. The molecular weight excluding hydrogens is 267 g/mol. The van der Waals surface area contributed by atoms with Gasteiger partial charge in [-0.1, -0.05) is 25.1 Å². The van der Waals surface area contributed by atoms with Gasteiger partial charge >= 0.3 is 6.18 Å². The number of alkyl halides is 3. The van der Waals surface area contributed by atoms with E-state index in [2.05, 4.69) is 12.2 Å². The summed E-state index contributed by atoms with van der Waals surface area (Å²) in [5.41, 5.74) is 1.10. The van der Waals surface area contributed by atoms with E-state index in [1.165, 1.54) is 0 Å². The first-order valence-corrected chi connectivity index (χ1v) is 6.99. The van der Waals surface area contributed by atoms with Crippen LogP contribution in [0.3, 0.4) is 0 Å². The molecule has 0 saturated heterocycles. The number of fused-ring (bicyclic) bond motifs is 1. The first-order chi connectivity index (χ1) is 9.47. The van der Waals surface area contributed by atoms with Crippen molar-refractivity contribution in [1.29, 1.82) is 0 Å². The van der Waals surface area contributed by atoms with E-state index in [-0.39, 0.29) is 12.5 Å². The van der Waals surface area contributed by atoms with Gasteiger partial charge in [0.05, 0.1) is 6.61 Å². The quantitative estimate of drug-likeness (QED) is 0.824. The number of hydrogen-bond donors (Lipinski definition) is 1. The van der Waals surface area contributed by atoms with Gasteiger partial charge in [0.15, 0.2) is 0 Å². The zero-order valence-corrected chi connectivity index (χ0v) is 11.5. The highest BCUT2D eigenvalue weighted by atomic mass is 19.4. The first kappa shape index (κ1) is 15.2. The molecule has 1 aliphatic heterocycles. The van der Waals surface area contributed by atoms with Crippen LogP contribution in [-0.4, -0.2) is 19.3 Å². The lowest BCUT2D eigenvalue weighted by molar-refractivity contribution is -0.135. The largest absolute Gasteiger partial charge is 0.493 e. The van der Waals surface area contributed by atoms with Crippen LogP contribution >= 0.6 is 0 Å². The Labute approximate surface area is 117 Å². The second-order valence-electron chi connectivity index (χ2n) is 5.33. The monoisotopic (exact) mass is 287 g/mol. The molecule has 0 radical (unpaired) electrons. The molecule has 2 atom stereocenters. The van der Waals surface area contributed by atoms with E-state index in [9.17, 15) is 13.2 Å². The number of nitrogens with one attached hydrogen (secondary N) is 1. The van der Waals surface area contributed by atoms with Gasteiger partial charge in [-0.2, -0.15) is 13.2 Å². The fourth-order valence-electron chi connectivity index (χ4n) is 2.51. The third-order valence-electron chi connectivity index (χ3n) is 3.58. The lowest BCUT2D eigenvalue weighted by atomic mass is 9.92. The van der Waals surface area contributed by atoms with Gasteiger partial charge in [0.2, 0.25) is 0 Å². The van der Waals surface area contributed by atoms with Crippen LogP contribution in [0.1, 0.15) is 37.8 Å². The van der Waals surface area contributed by atoms with Gasteiger partial charge in [-0.3, -0.25) is 0 Å². The maximum absolute atomic E-state index is 12.1. The summed E-state index contributed by atoms with van der Waals surface area (Å²) in [6.07, 6.45) is -4.03. The van der Waals surface area contributed by atoms with Crippen LogP contribution in [0.25, 0.3) is 0 Å². The zero-order valence-electron chi connectivity index (χ0n) is 11.5. The van der Waals surface area contributed by atoms with E-state index >= 15 is 0 Å². The van der Waals surface area contributed by atoms with Gasteiger partial charge in [0, 0.05) is 23.9 Å². The van der Waals surface area contributed by atoms with Gasteiger partial charge in [0.1, 0.15) is 5.75 Å². The lowest BCUT2D eigenvalue weighted by Crippen LogP contribution is -2.34. The van der Waals surface area contributed by atoms with Crippen LogP contribution < -0.4 is 10.1 Å². The van der Waals surface area contributed by atoms with E-state index in [0.717, 1.165) is 11.3 Å². The van der Waals surface area contributed by atoms with Crippen LogP contribution in [-0.2, 0) is 0 Å². The van der Waals surface area contributed by atoms with Gasteiger partial charge in [0.25, 0.3) is 0 Å². The molecule has 1 heterocycles. The first-order valence-electron chi connectivity index (χ1n) is 6.99. The third-order valence-corrected chi connectivity index (χ3v) is 3.58. The third kappa shape index (κ3) is 4.13. The number of hydrogen-bond acceptors (Lipinski definition) is 2. The van der Waals surface area contributed by atoms with E-state index in [1.807, 2.05) is 24.3 Å². The minimum absolute atomic E-state index is 0.158. The average molecular weight is 287 g/mol. The van der Waals surface area contributed by atoms with Crippen molar-refractivity contribution in [2.45, 2.75) is 38.4 Å². The van der Waals surface area contributed by atoms with Gasteiger partial charge in [-0.05, 0) is 25.5 Å². The molecule has 0 aromatic heterocycles. The highest BCUT2D eigenvalue weighted by molar-refractivity contribution is 5.37. The van der Waals surface area contributed by atoms with Crippen molar-refractivity contribution in [2.75, 3.05) is 13.2 Å². The topological polar surface area (TPSA) is 21.3 Å². The van der Waals surface area contributed by atoms with Gasteiger partial charge in [-0.25, -0.2) is 0 Å². The molecule has 2 nitrogen and oxygen atoms in total. The Kier molecular flexibility index (Phi) is 4.91. The molecule has 2 rings (SSSR count). The van der Waals surface area contributed by atoms with Crippen LogP contribution in [0.5, 0.6) is 5.75 Å². The highest BCUT2D eigenvalue weighted by Gasteiger charge is 2.28. The molecule has 0 aliphatic carbocycles. The molecule has 0 bridgehead atoms. The molecule has 2 unspecified atom stereocenters. The molecule has 5 heteroatoms. The van der Waals surface area contributed by atoms with E-state index in [4.69, 9.17) is 4.74 Å².